The molecule has 1 saturated heterocycles. The number of carbonyl (C=O) groups is 6. The van der Waals surface area contributed by atoms with Crippen molar-refractivity contribution >= 4 is 91.6 Å². The van der Waals surface area contributed by atoms with Crippen LogP contribution in [0, 0.1) is 5.82 Å². The van der Waals surface area contributed by atoms with Gasteiger partial charge >= 0.3 is 35.8 Å². The van der Waals surface area contributed by atoms with Crippen molar-refractivity contribution in [2.75, 3.05) is 43.7 Å². The molecule has 0 atom stereocenters. The summed E-state index contributed by atoms with van der Waals surface area (Å²) in [5.41, 5.74) is 8.04. The highest BCUT2D eigenvalue weighted by atomic mass is 35.5. The number of nitrogens with one attached hydrogen (secondary N) is 1. The summed E-state index contributed by atoms with van der Waals surface area (Å²) in [6.07, 6.45) is 11.0. The van der Waals surface area contributed by atoms with E-state index in [0.29, 0.717) is 70.5 Å². The predicted molar refractivity (Wildman–Crippen MR) is 238 cm³/mol. The molecule has 1 aliphatic carbocycles. The molecular weight excluding hydrogens is 936 g/mol. The maximum atomic E-state index is 15.4. The fraction of sp³-hybridized carbons (Fsp3) is 0.268. The molecule has 2 aromatic heterocycles. The highest BCUT2D eigenvalue weighted by molar-refractivity contribution is 7.92. The highest BCUT2D eigenvalue weighted by Gasteiger charge is 2.30. The Morgan fingerprint density at radius 1 is 0.742 bits per heavy atom. The van der Waals surface area contributed by atoms with Crippen LogP contribution in [-0.2, 0) is 38.8 Å². The minimum absolute atomic E-state index is 0.0828. The molecule has 0 radical (unpaired) electrons. The van der Waals surface area contributed by atoms with Crippen LogP contribution >= 0.6 is 23.2 Å². The van der Waals surface area contributed by atoms with E-state index < -0.39 is 51.7 Å². The largest absolute Gasteiger partial charge is 0.478 e. The Balaban J connectivity index is 0.000000394. The standard InChI is InChI=1S/C29H32Cl2FN7O2S.3C4H4O4/c1-37-11-13-38(14-12-37)19-6-8-20(9-7-19)39-16-21(26-28(33)34-17-35-29(26)39)18-5-10-24(23(32)15-18)36-42(40,41)25-4-2-3-22(30)27(25)31;3*5-3(6)1-2-4(7)8/h2-5,10,15-17,19-20,36H,6-9,11-14H2,1H3,(H2,33,34,35);3*1-2H,(H,5,6)(H,7,8)/b;3*2-1-. The number of carboxylic acids is 6. The van der Waals surface area contributed by atoms with E-state index >= 15 is 4.39 Å². The normalized spacial score (nSPS) is 16.6. The number of sulfonamides is 1. The number of nitrogen functional groups attached to an aromatic ring is 1. The fourth-order valence-electron chi connectivity index (χ4n) is 6.58. The van der Waals surface area contributed by atoms with Gasteiger partial charge in [-0.15, -0.1) is 0 Å². The van der Waals surface area contributed by atoms with Gasteiger partial charge in [0.15, 0.2) is 0 Å². The second-order valence-corrected chi connectivity index (χ2v) is 16.5. The Kier molecular flexibility index (Phi) is 20.2. The second kappa shape index (κ2) is 25.0. The summed E-state index contributed by atoms with van der Waals surface area (Å²) in [5, 5.41) is 47.5. The van der Waals surface area contributed by atoms with Crippen LogP contribution < -0.4 is 10.5 Å². The first-order chi connectivity index (χ1) is 31.0. The zero-order valence-electron chi connectivity index (χ0n) is 34.7. The average Bonchev–Trinajstić information content (AvgIpc) is 3.65. The Hall–Kier alpha value is -6.92. The third kappa shape index (κ3) is 16.6. The van der Waals surface area contributed by atoms with Gasteiger partial charge in [-0.3, -0.25) is 9.62 Å². The molecule has 9 N–H and O–H groups in total. The Bertz CT molecular complexity index is 2500. The molecule has 21 nitrogen and oxygen atoms in total. The second-order valence-electron chi connectivity index (χ2n) is 14.1. The van der Waals surface area contributed by atoms with Crippen molar-refractivity contribution in [2.45, 2.75) is 42.7 Å². The van der Waals surface area contributed by atoms with Crippen LogP contribution in [0.5, 0.6) is 0 Å². The lowest BCUT2D eigenvalue weighted by atomic mass is 9.89. The maximum absolute atomic E-state index is 15.4. The molecule has 2 aliphatic rings. The Labute approximate surface area is 385 Å². The van der Waals surface area contributed by atoms with Crippen LogP contribution in [0.4, 0.5) is 15.9 Å². The molecule has 2 fully saturated rings. The number of halogens is 3. The van der Waals surface area contributed by atoms with Gasteiger partial charge in [0.2, 0.25) is 0 Å². The van der Waals surface area contributed by atoms with E-state index in [1.807, 2.05) is 6.20 Å². The summed E-state index contributed by atoms with van der Waals surface area (Å²) in [6.45, 7) is 4.42. The summed E-state index contributed by atoms with van der Waals surface area (Å²) in [5.74, 6) is -7.99. The molecule has 4 aromatic rings. The number of aliphatic carboxylic acids is 6. The molecule has 0 bridgehead atoms. The summed E-state index contributed by atoms with van der Waals surface area (Å²) in [6, 6.07) is 9.38. The third-order valence-electron chi connectivity index (χ3n) is 9.59. The number of benzene rings is 2. The number of piperazine rings is 1. The number of nitrogens with two attached hydrogens (primary N) is 1. The molecule has 3 heterocycles. The number of carboxylic acid groups (broad SMARTS) is 6. The minimum atomic E-state index is -4.19. The van der Waals surface area contributed by atoms with Gasteiger partial charge in [0.1, 0.15) is 28.5 Å². The van der Waals surface area contributed by atoms with E-state index in [1.54, 1.807) is 6.07 Å². The number of anilines is 2. The number of fused-ring (bicyclic) bond motifs is 1. The van der Waals surface area contributed by atoms with E-state index in [4.69, 9.17) is 59.6 Å². The van der Waals surface area contributed by atoms with E-state index in [-0.39, 0.29) is 26.7 Å². The molecule has 1 saturated carbocycles. The van der Waals surface area contributed by atoms with Gasteiger partial charge in [-0.1, -0.05) is 35.3 Å². The molecule has 0 spiro atoms. The van der Waals surface area contributed by atoms with Crippen molar-refractivity contribution in [1.82, 2.24) is 24.3 Å². The number of aromatic nitrogens is 3. The number of nitrogens with zero attached hydrogens (tertiary/aromatic N) is 5. The highest BCUT2D eigenvalue weighted by Crippen LogP contribution is 2.40. The van der Waals surface area contributed by atoms with Gasteiger partial charge in [0, 0.05) is 86.5 Å². The summed E-state index contributed by atoms with van der Waals surface area (Å²) >= 11 is 12.1. The summed E-state index contributed by atoms with van der Waals surface area (Å²) in [4.78, 5) is 70.8. The molecule has 6 rings (SSSR count). The zero-order chi connectivity index (χ0) is 49.3. The number of rotatable bonds is 12. The lowest BCUT2D eigenvalue weighted by molar-refractivity contribution is -0.134. The molecule has 66 heavy (non-hydrogen) atoms. The fourth-order valence-corrected chi connectivity index (χ4v) is 8.41. The molecule has 0 amide bonds. The van der Waals surface area contributed by atoms with Crippen LogP contribution in [0.15, 0.2) is 90.3 Å². The quantitative estimate of drug-likeness (QED) is 0.0884. The number of hydrogen-bond donors (Lipinski definition) is 8. The predicted octanol–water partition coefficient (Wildman–Crippen LogP) is 4.79. The van der Waals surface area contributed by atoms with Gasteiger partial charge < -0.3 is 45.8 Å². The van der Waals surface area contributed by atoms with Crippen LogP contribution in [0.25, 0.3) is 22.2 Å². The van der Waals surface area contributed by atoms with Crippen molar-refractivity contribution in [2.24, 2.45) is 0 Å². The Morgan fingerprint density at radius 2 is 1.23 bits per heavy atom. The van der Waals surface area contributed by atoms with E-state index in [1.165, 1.54) is 36.7 Å². The lowest BCUT2D eigenvalue weighted by Crippen LogP contribution is -2.49. The van der Waals surface area contributed by atoms with Gasteiger partial charge in [-0.05, 0) is 62.6 Å². The van der Waals surface area contributed by atoms with E-state index in [0.717, 1.165) is 51.9 Å². The third-order valence-corrected chi connectivity index (χ3v) is 11.9. The van der Waals surface area contributed by atoms with Crippen LogP contribution in [-0.4, -0.2) is 138 Å². The van der Waals surface area contributed by atoms with Gasteiger partial charge in [0.25, 0.3) is 10.0 Å². The molecule has 2 aromatic carbocycles. The lowest BCUT2D eigenvalue weighted by Gasteiger charge is -2.41. The first-order valence-electron chi connectivity index (χ1n) is 19.2. The maximum Gasteiger partial charge on any atom is 0.328 e. The van der Waals surface area contributed by atoms with Crippen molar-refractivity contribution < 1.29 is 72.2 Å². The SMILES string of the molecule is CN1CCN(C2CCC(n3cc(-c4ccc(NS(=O)(=O)c5cccc(Cl)c5Cl)c(F)c4)c4c(N)ncnc43)CC2)CC1.O=C(O)/C=C\C(=O)O.O=C(O)/C=C\C(=O)O.O=C(O)/C=C\C(=O)O. The van der Waals surface area contributed by atoms with Gasteiger partial charge in [0.05, 0.1) is 21.1 Å². The van der Waals surface area contributed by atoms with Crippen LogP contribution in [0.2, 0.25) is 10.0 Å². The van der Waals surface area contributed by atoms with Crippen molar-refractivity contribution in [3.05, 3.63) is 101 Å². The molecule has 1 aliphatic heterocycles. The monoisotopic (exact) mass is 979 g/mol. The first kappa shape index (κ1) is 53.4. The topological polar surface area (TPSA) is 333 Å². The first-order valence-corrected chi connectivity index (χ1v) is 21.5. The van der Waals surface area contributed by atoms with Gasteiger partial charge in [-0.25, -0.2) is 51.5 Å². The van der Waals surface area contributed by atoms with Crippen molar-refractivity contribution in [1.29, 1.82) is 0 Å². The van der Waals surface area contributed by atoms with Crippen LogP contribution in [0.1, 0.15) is 31.7 Å². The van der Waals surface area contributed by atoms with E-state index in [2.05, 4.69) is 36.1 Å². The smallest absolute Gasteiger partial charge is 0.328 e. The average molecular weight is 981 g/mol. The molecule has 0 unspecified atom stereocenters. The molecule has 354 valence electrons. The van der Waals surface area contributed by atoms with Gasteiger partial charge in [-0.2, -0.15) is 0 Å². The minimum Gasteiger partial charge on any atom is -0.478 e. The van der Waals surface area contributed by atoms with E-state index in [9.17, 15) is 37.2 Å². The number of likely N-dealkylation sites (N-methyl/N-ethyl adjacent to an activating group) is 1. The van der Waals surface area contributed by atoms with Crippen molar-refractivity contribution in [3.8, 4) is 11.1 Å². The van der Waals surface area contributed by atoms with Crippen LogP contribution in [0.3, 0.4) is 0 Å². The number of hydrogen-bond acceptors (Lipinski definition) is 13. The Morgan fingerprint density at radius 3 is 1.70 bits per heavy atom. The summed E-state index contributed by atoms with van der Waals surface area (Å²) < 4.78 is 45.7. The molecular formula is C41H44Cl2FN7O14S. The molecule has 25 heteroatoms. The van der Waals surface area contributed by atoms with Crippen molar-refractivity contribution in [3.63, 3.8) is 0 Å². The zero-order valence-corrected chi connectivity index (χ0v) is 37.0. The summed E-state index contributed by atoms with van der Waals surface area (Å²) in [7, 11) is -2.02.